The molecule has 1 aliphatic carbocycles. The van der Waals surface area contributed by atoms with Crippen molar-refractivity contribution in [3.63, 3.8) is 0 Å². The minimum absolute atomic E-state index is 0.193. The fourth-order valence-corrected chi connectivity index (χ4v) is 4.77. The van der Waals surface area contributed by atoms with Gasteiger partial charge in [0.1, 0.15) is 0 Å². The molecule has 0 unspecified atom stereocenters. The number of amides is 2. The van der Waals surface area contributed by atoms with Crippen LogP contribution >= 0.6 is 0 Å². The molecule has 3 rings (SSSR count). The van der Waals surface area contributed by atoms with Crippen LogP contribution in [0.1, 0.15) is 41.5 Å². The van der Waals surface area contributed by atoms with Crippen LogP contribution in [0.25, 0.3) is 0 Å². The van der Waals surface area contributed by atoms with Crippen molar-refractivity contribution in [3.05, 3.63) is 34.4 Å². The number of piperidine rings is 1. The molecule has 0 bridgehead atoms. The first-order chi connectivity index (χ1) is 11.8. The van der Waals surface area contributed by atoms with E-state index in [4.69, 9.17) is 0 Å². The highest BCUT2D eigenvalue weighted by molar-refractivity contribution is 5.80. The number of carbonyl (C=O) groups excluding carboxylic acids is 2. The van der Waals surface area contributed by atoms with E-state index in [1.54, 1.807) is 0 Å². The van der Waals surface area contributed by atoms with Crippen molar-refractivity contribution in [2.75, 3.05) is 20.6 Å². The lowest BCUT2D eigenvalue weighted by Crippen LogP contribution is -2.40. The van der Waals surface area contributed by atoms with Crippen LogP contribution in [0.4, 0.5) is 0 Å². The summed E-state index contributed by atoms with van der Waals surface area (Å²) >= 11 is 0. The largest absolute Gasteiger partial charge is 0.345 e. The summed E-state index contributed by atoms with van der Waals surface area (Å²) in [6.07, 6.45) is 3.11. The lowest BCUT2D eigenvalue weighted by Gasteiger charge is -2.31. The molecule has 136 valence electrons. The maximum Gasteiger partial charge on any atom is 0.227 e. The zero-order valence-corrected chi connectivity index (χ0v) is 16.1. The van der Waals surface area contributed by atoms with E-state index >= 15 is 0 Å². The topological polar surface area (TPSA) is 40.6 Å². The Labute approximate surface area is 151 Å². The molecule has 4 nitrogen and oxygen atoms in total. The number of likely N-dealkylation sites (tertiary alicyclic amines) is 1. The highest BCUT2D eigenvalue weighted by Gasteiger charge is 2.42. The predicted molar refractivity (Wildman–Crippen MR) is 99.4 cm³/mol. The minimum atomic E-state index is 0.193. The lowest BCUT2D eigenvalue weighted by molar-refractivity contribution is -0.135. The van der Waals surface area contributed by atoms with Crippen molar-refractivity contribution >= 4 is 11.8 Å². The number of hydrogen-bond acceptors (Lipinski definition) is 2. The molecule has 2 aliphatic rings. The van der Waals surface area contributed by atoms with Gasteiger partial charge in [-0.05, 0) is 62.1 Å². The summed E-state index contributed by atoms with van der Waals surface area (Å²) < 4.78 is 0. The Morgan fingerprint density at radius 2 is 1.76 bits per heavy atom. The molecule has 0 spiro atoms. The second-order valence-electron chi connectivity index (χ2n) is 8.18. The molecule has 1 aliphatic heterocycles. The lowest BCUT2D eigenvalue weighted by atomic mass is 9.88. The van der Waals surface area contributed by atoms with Gasteiger partial charge < -0.3 is 9.80 Å². The van der Waals surface area contributed by atoms with E-state index in [0.717, 1.165) is 24.9 Å². The molecule has 0 radical (unpaired) electrons. The van der Waals surface area contributed by atoms with Gasteiger partial charge in [0.2, 0.25) is 11.8 Å². The van der Waals surface area contributed by atoms with Crippen molar-refractivity contribution in [2.24, 2.45) is 11.8 Å². The SMILES string of the molecule is Cc1cc(C)c(CC(=O)N(C)[C@@H]2C[C@@H]3CC(=O)N(C)C[C@@H]3C2)c(C)c1. The van der Waals surface area contributed by atoms with E-state index in [1.165, 1.54) is 16.7 Å². The summed E-state index contributed by atoms with van der Waals surface area (Å²) in [4.78, 5) is 28.6. The summed E-state index contributed by atoms with van der Waals surface area (Å²) in [6.45, 7) is 7.12. The zero-order chi connectivity index (χ0) is 18.3. The summed E-state index contributed by atoms with van der Waals surface area (Å²) in [5.41, 5.74) is 4.80. The van der Waals surface area contributed by atoms with Crippen LogP contribution in [-0.2, 0) is 16.0 Å². The van der Waals surface area contributed by atoms with Gasteiger partial charge in [0, 0.05) is 33.1 Å². The highest BCUT2D eigenvalue weighted by atomic mass is 16.2. The minimum Gasteiger partial charge on any atom is -0.345 e. The molecule has 25 heavy (non-hydrogen) atoms. The molecule has 0 aromatic heterocycles. The number of nitrogens with zero attached hydrogens (tertiary/aromatic N) is 2. The Morgan fingerprint density at radius 3 is 2.40 bits per heavy atom. The van der Waals surface area contributed by atoms with Crippen molar-refractivity contribution in [3.8, 4) is 0 Å². The molecule has 1 heterocycles. The monoisotopic (exact) mass is 342 g/mol. The molecule has 3 atom stereocenters. The maximum atomic E-state index is 12.9. The Bertz CT molecular complexity index is 674. The molecule has 2 fully saturated rings. The van der Waals surface area contributed by atoms with Crippen LogP contribution in [0, 0.1) is 32.6 Å². The van der Waals surface area contributed by atoms with Gasteiger partial charge in [0.05, 0.1) is 6.42 Å². The second-order valence-corrected chi connectivity index (χ2v) is 8.18. The number of aryl methyl sites for hydroxylation is 3. The summed E-state index contributed by atoms with van der Waals surface area (Å²) in [6, 6.07) is 4.58. The third-order valence-corrected chi connectivity index (χ3v) is 6.30. The molecule has 4 heteroatoms. The van der Waals surface area contributed by atoms with E-state index in [-0.39, 0.29) is 17.9 Å². The predicted octanol–water partition coefficient (Wildman–Crippen LogP) is 2.87. The van der Waals surface area contributed by atoms with E-state index in [2.05, 4.69) is 32.9 Å². The zero-order valence-electron chi connectivity index (χ0n) is 16.1. The summed E-state index contributed by atoms with van der Waals surface area (Å²) in [5, 5.41) is 0. The van der Waals surface area contributed by atoms with Gasteiger partial charge >= 0.3 is 0 Å². The second kappa shape index (κ2) is 6.81. The van der Waals surface area contributed by atoms with E-state index < -0.39 is 0 Å². The molecule has 1 aromatic carbocycles. The van der Waals surface area contributed by atoms with E-state index in [1.807, 2.05) is 23.9 Å². The molecule has 1 saturated heterocycles. The van der Waals surface area contributed by atoms with Crippen LogP contribution in [0.15, 0.2) is 12.1 Å². The van der Waals surface area contributed by atoms with Gasteiger partial charge in [-0.1, -0.05) is 17.7 Å². The fourth-order valence-electron chi connectivity index (χ4n) is 4.77. The van der Waals surface area contributed by atoms with Gasteiger partial charge in [-0.2, -0.15) is 0 Å². The van der Waals surface area contributed by atoms with E-state index in [9.17, 15) is 9.59 Å². The third kappa shape index (κ3) is 3.58. The molecule has 2 amide bonds. The first kappa shape index (κ1) is 18.0. The van der Waals surface area contributed by atoms with Crippen molar-refractivity contribution < 1.29 is 9.59 Å². The van der Waals surface area contributed by atoms with Crippen LogP contribution < -0.4 is 0 Å². The Kier molecular flexibility index (Phi) is 4.90. The van der Waals surface area contributed by atoms with Gasteiger partial charge in [-0.3, -0.25) is 9.59 Å². The van der Waals surface area contributed by atoms with Gasteiger partial charge in [-0.15, -0.1) is 0 Å². The standard InChI is InChI=1S/C21H30N2O2/c1-13-6-14(2)19(15(3)7-13)11-21(25)23(5)18-8-16-10-20(24)22(4)12-17(16)9-18/h6-7,16-18H,8-12H2,1-5H3/t16-,17+,18-/m1/s1. The number of likely N-dealkylation sites (N-methyl/N-ethyl adjacent to an activating group) is 1. The van der Waals surface area contributed by atoms with E-state index in [0.29, 0.717) is 24.7 Å². The first-order valence-corrected chi connectivity index (χ1v) is 9.32. The highest BCUT2D eigenvalue weighted by Crippen LogP contribution is 2.40. The Morgan fingerprint density at radius 1 is 1.16 bits per heavy atom. The average molecular weight is 342 g/mol. The third-order valence-electron chi connectivity index (χ3n) is 6.30. The maximum absolute atomic E-state index is 12.9. The summed E-state index contributed by atoms with van der Waals surface area (Å²) in [7, 11) is 3.83. The molecule has 1 aromatic rings. The smallest absolute Gasteiger partial charge is 0.227 e. The molecular weight excluding hydrogens is 312 g/mol. The number of hydrogen-bond donors (Lipinski definition) is 0. The summed E-state index contributed by atoms with van der Waals surface area (Å²) in [5.74, 6) is 1.44. The van der Waals surface area contributed by atoms with Gasteiger partial charge in [-0.25, -0.2) is 0 Å². The number of carbonyl (C=O) groups is 2. The molecule has 1 saturated carbocycles. The first-order valence-electron chi connectivity index (χ1n) is 9.32. The number of fused-ring (bicyclic) bond motifs is 1. The normalized spacial score (nSPS) is 25.9. The number of rotatable bonds is 3. The quantitative estimate of drug-likeness (QED) is 0.847. The van der Waals surface area contributed by atoms with Crippen LogP contribution in [0.2, 0.25) is 0 Å². The van der Waals surface area contributed by atoms with Crippen LogP contribution in [0.3, 0.4) is 0 Å². The van der Waals surface area contributed by atoms with Crippen molar-refractivity contribution in [2.45, 2.75) is 52.5 Å². The Balaban J connectivity index is 1.67. The van der Waals surface area contributed by atoms with Crippen LogP contribution in [-0.4, -0.2) is 48.3 Å². The molecular formula is C21H30N2O2. The number of benzene rings is 1. The fraction of sp³-hybridized carbons (Fsp3) is 0.619. The van der Waals surface area contributed by atoms with Crippen LogP contribution in [0.5, 0.6) is 0 Å². The van der Waals surface area contributed by atoms with Crippen molar-refractivity contribution in [1.82, 2.24) is 9.80 Å². The Hall–Kier alpha value is -1.84. The molecule has 0 N–H and O–H groups in total. The van der Waals surface area contributed by atoms with Gasteiger partial charge in [0.25, 0.3) is 0 Å². The average Bonchev–Trinajstić information content (AvgIpc) is 2.93. The van der Waals surface area contributed by atoms with Crippen molar-refractivity contribution in [1.29, 1.82) is 0 Å². The van der Waals surface area contributed by atoms with Gasteiger partial charge in [0.15, 0.2) is 0 Å².